The van der Waals surface area contributed by atoms with Crippen LogP contribution in [0.3, 0.4) is 0 Å². The van der Waals surface area contributed by atoms with Gasteiger partial charge in [-0.25, -0.2) is 4.79 Å². The highest BCUT2D eigenvalue weighted by Crippen LogP contribution is 2.30. The topological polar surface area (TPSA) is 79.6 Å². The Hall–Kier alpha value is -2.13. The first-order valence-corrected chi connectivity index (χ1v) is 13.5. The summed E-state index contributed by atoms with van der Waals surface area (Å²) in [4.78, 5) is 28.9. The van der Waals surface area contributed by atoms with Crippen molar-refractivity contribution < 1.29 is 9.59 Å². The van der Waals surface area contributed by atoms with E-state index in [9.17, 15) is 9.59 Å². The molecular formula is C23H29N5O2S2. The third-order valence-corrected chi connectivity index (χ3v) is 8.52. The quantitative estimate of drug-likeness (QED) is 0.515. The fourth-order valence-electron chi connectivity index (χ4n) is 4.96. The Bertz CT molecular complexity index is 1100. The molecule has 2 aliphatic carbocycles. The second-order valence-corrected chi connectivity index (χ2v) is 10.8. The van der Waals surface area contributed by atoms with Crippen LogP contribution < -0.4 is 5.32 Å². The van der Waals surface area contributed by atoms with E-state index in [4.69, 9.17) is 0 Å². The average molecular weight is 472 g/mol. The molecule has 2 aliphatic rings. The van der Waals surface area contributed by atoms with Gasteiger partial charge in [-0.3, -0.25) is 14.1 Å². The van der Waals surface area contributed by atoms with Gasteiger partial charge >= 0.3 is 6.03 Å². The van der Waals surface area contributed by atoms with Gasteiger partial charge in [0.1, 0.15) is 0 Å². The van der Waals surface area contributed by atoms with Gasteiger partial charge in [0.2, 0.25) is 10.9 Å². The summed E-state index contributed by atoms with van der Waals surface area (Å²) in [7, 11) is 0. The van der Waals surface area contributed by atoms with E-state index in [2.05, 4.69) is 21.6 Å². The van der Waals surface area contributed by atoms with Gasteiger partial charge < -0.3 is 5.32 Å². The predicted molar refractivity (Wildman–Crippen MR) is 128 cm³/mol. The van der Waals surface area contributed by atoms with E-state index in [1.54, 1.807) is 11.3 Å². The van der Waals surface area contributed by atoms with Crippen LogP contribution in [0.25, 0.3) is 15.2 Å². The summed E-state index contributed by atoms with van der Waals surface area (Å²) in [5.41, 5.74) is 1.05. The van der Waals surface area contributed by atoms with Gasteiger partial charge in [0, 0.05) is 12.1 Å². The zero-order chi connectivity index (χ0) is 21.9. The summed E-state index contributed by atoms with van der Waals surface area (Å²) in [5.74, 6) is 0.0472. The molecule has 2 heterocycles. The summed E-state index contributed by atoms with van der Waals surface area (Å²) >= 11 is 2.95. The first-order chi connectivity index (χ1) is 15.7. The van der Waals surface area contributed by atoms with E-state index >= 15 is 0 Å². The van der Waals surface area contributed by atoms with Crippen molar-refractivity contribution in [1.82, 2.24) is 24.8 Å². The van der Waals surface area contributed by atoms with Crippen LogP contribution in [0.4, 0.5) is 4.79 Å². The number of benzene rings is 1. The van der Waals surface area contributed by atoms with Crippen molar-refractivity contribution in [3.63, 3.8) is 0 Å². The Morgan fingerprint density at radius 1 is 1.03 bits per heavy atom. The lowest BCUT2D eigenvalue weighted by Crippen LogP contribution is -2.53. The fraction of sp³-hybridized carbons (Fsp3) is 0.565. The number of thiazole rings is 1. The number of thioether (sulfide) groups is 1. The van der Waals surface area contributed by atoms with Gasteiger partial charge in [-0.05, 0) is 37.8 Å². The summed E-state index contributed by atoms with van der Waals surface area (Å²) in [6.07, 6.45) is 10.7. The largest absolute Gasteiger partial charge is 0.335 e. The van der Waals surface area contributed by atoms with Crippen LogP contribution >= 0.6 is 23.1 Å². The lowest BCUT2D eigenvalue weighted by molar-refractivity contribution is -0.127. The van der Waals surface area contributed by atoms with Crippen molar-refractivity contribution in [2.24, 2.45) is 0 Å². The number of fused-ring (bicyclic) bond motifs is 3. The third-order valence-electron chi connectivity index (χ3n) is 6.60. The molecule has 1 aromatic carbocycles. The maximum Gasteiger partial charge on any atom is 0.324 e. The fourth-order valence-corrected chi connectivity index (χ4v) is 6.78. The molecule has 1 N–H and O–H groups in total. The molecular weight excluding hydrogens is 442 g/mol. The smallest absolute Gasteiger partial charge is 0.324 e. The van der Waals surface area contributed by atoms with E-state index < -0.39 is 0 Å². The number of nitrogens with one attached hydrogen (secondary N) is 1. The van der Waals surface area contributed by atoms with Crippen LogP contribution in [0.5, 0.6) is 0 Å². The van der Waals surface area contributed by atoms with E-state index in [1.165, 1.54) is 29.5 Å². The van der Waals surface area contributed by atoms with E-state index in [-0.39, 0.29) is 29.8 Å². The maximum atomic E-state index is 13.3. The molecule has 0 radical (unpaired) electrons. The highest BCUT2D eigenvalue weighted by molar-refractivity contribution is 7.99. The van der Waals surface area contributed by atoms with Crippen LogP contribution in [0.1, 0.15) is 64.2 Å². The van der Waals surface area contributed by atoms with Crippen molar-refractivity contribution in [1.29, 1.82) is 0 Å². The zero-order valence-corrected chi connectivity index (χ0v) is 19.8. The number of amides is 3. The first-order valence-electron chi connectivity index (χ1n) is 11.7. The number of hydrogen-bond acceptors (Lipinski definition) is 6. The van der Waals surface area contributed by atoms with E-state index in [0.717, 1.165) is 66.5 Å². The molecule has 9 heteroatoms. The third kappa shape index (κ3) is 4.50. The van der Waals surface area contributed by atoms with Crippen LogP contribution in [-0.2, 0) is 4.79 Å². The molecule has 0 spiro atoms. The molecule has 7 nitrogen and oxygen atoms in total. The standard InChI is InChI=1S/C23H29N5O2S2/c29-20(15-31-22-25-26-23-28(22)18-13-7-8-14-19(18)32-23)27(17-11-5-2-6-12-17)21(30)24-16-9-3-1-4-10-16/h7-8,13-14,16-17H,1-6,9-12,15H2,(H,24,30). The number of aromatic nitrogens is 3. The maximum absolute atomic E-state index is 13.3. The number of para-hydroxylation sites is 1. The molecule has 0 saturated heterocycles. The number of hydrogen-bond donors (Lipinski definition) is 1. The molecule has 0 unspecified atom stereocenters. The van der Waals surface area contributed by atoms with Crippen molar-refractivity contribution in [2.45, 2.75) is 81.4 Å². The van der Waals surface area contributed by atoms with Gasteiger partial charge in [-0.15, -0.1) is 10.2 Å². The number of carbonyl (C=O) groups excluding carboxylic acids is 2. The minimum atomic E-state index is -0.207. The van der Waals surface area contributed by atoms with Crippen LogP contribution in [-0.4, -0.2) is 49.3 Å². The minimum absolute atomic E-state index is 0.000775. The summed E-state index contributed by atoms with van der Waals surface area (Å²) in [5, 5.41) is 12.5. The molecule has 5 rings (SSSR count). The van der Waals surface area contributed by atoms with Crippen molar-refractivity contribution in [3.05, 3.63) is 24.3 Å². The molecule has 2 saturated carbocycles. The zero-order valence-electron chi connectivity index (χ0n) is 18.2. The van der Waals surface area contributed by atoms with Crippen LogP contribution in [0, 0.1) is 0 Å². The monoisotopic (exact) mass is 471 g/mol. The second-order valence-electron chi connectivity index (χ2n) is 8.80. The number of nitrogens with zero attached hydrogens (tertiary/aromatic N) is 4. The van der Waals surface area contributed by atoms with Crippen molar-refractivity contribution >= 4 is 50.2 Å². The highest BCUT2D eigenvalue weighted by Gasteiger charge is 2.32. The summed E-state index contributed by atoms with van der Waals surface area (Å²) < 4.78 is 3.15. The lowest BCUT2D eigenvalue weighted by Gasteiger charge is -2.34. The van der Waals surface area contributed by atoms with Gasteiger partial charge in [-0.2, -0.15) is 0 Å². The highest BCUT2D eigenvalue weighted by atomic mass is 32.2. The van der Waals surface area contributed by atoms with Crippen LogP contribution in [0.2, 0.25) is 0 Å². The number of rotatable bonds is 5. The number of imide groups is 1. The molecule has 0 aliphatic heterocycles. The van der Waals surface area contributed by atoms with E-state index in [0.29, 0.717) is 5.16 Å². The summed E-state index contributed by atoms with van der Waals surface area (Å²) in [6, 6.07) is 8.09. The first kappa shape index (κ1) is 21.7. The average Bonchev–Trinajstić information content (AvgIpc) is 3.38. The Kier molecular flexibility index (Phi) is 6.64. The Labute approximate surface area is 195 Å². The number of carbonyl (C=O) groups is 2. The minimum Gasteiger partial charge on any atom is -0.335 e. The molecule has 0 atom stereocenters. The van der Waals surface area contributed by atoms with Crippen LogP contribution in [0.15, 0.2) is 29.4 Å². The van der Waals surface area contributed by atoms with E-state index in [1.807, 2.05) is 22.6 Å². The molecule has 3 amide bonds. The molecule has 3 aromatic rings. The second kappa shape index (κ2) is 9.79. The molecule has 170 valence electrons. The molecule has 32 heavy (non-hydrogen) atoms. The molecule has 2 fully saturated rings. The van der Waals surface area contributed by atoms with Gasteiger partial charge in [0.25, 0.3) is 0 Å². The Morgan fingerprint density at radius 2 is 1.75 bits per heavy atom. The van der Waals surface area contributed by atoms with Crippen molar-refractivity contribution in [3.8, 4) is 0 Å². The lowest BCUT2D eigenvalue weighted by atomic mass is 9.94. The number of urea groups is 1. The Balaban J connectivity index is 1.32. The normalized spacial score (nSPS) is 18.2. The van der Waals surface area contributed by atoms with Crippen molar-refractivity contribution in [2.75, 3.05) is 5.75 Å². The van der Waals surface area contributed by atoms with Gasteiger partial charge in [0.05, 0.1) is 16.0 Å². The predicted octanol–water partition coefficient (Wildman–Crippen LogP) is 5.24. The SMILES string of the molecule is O=C(CSc1nnc2sc3ccccc3n12)N(C(=O)NC1CCCCC1)C1CCCCC1. The Morgan fingerprint density at radius 3 is 2.53 bits per heavy atom. The van der Waals surface area contributed by atoms with Gasteiger partial charge in [0.15, 0.2) is 5.16 Å². The van der Waals surface area contributed by atoms with Gasteiger partial charge in [-0.1, -0.05) is 73.8 Å². The molecule has 0 bridgehead atoms. The molecule has 2 aromatic heterocycles. The summed E-state index contributed by atoms with van der Waals surface area (Å²) in [6.45, 7) is 0.